The van der Waals surface area contributed by atoms with Crippen molar-refractivity contribution in [3.63, 3.8) is 0 Å². The van der Waals surface area contributed by atoms with E-state index in [1.54, 1.807) is 0 Å². The van der Waals surface area contributed by atoms with Crippen molar-refractivity contribution in [3.05, 3.63) is 70.3 Å². The van der Waals surface area contributed by atoms with Gasteiger partial charge in [0.25, 0.3) is 0 Å². The zero-order chi connectivity index (χ0) is 26.4. The molecule has 2 aromatic rings. The summed E-state index contributed by atoms with van der Waals surface area (Å²) in [5.74, 6) is -0.110. The molecule has 0 spiro atoms. The van der Waals surface area contributed by atoms with E-state index < -0.39 is 0 Å². The summed E-state index contributed by atoms with van der Waals surface area (Å²) >= 11 is 0. The Kier molecular flexibility index (Phi) is 9.01. The number of fused-ring (bicyclic) bond motifs is 1. The molecule has 198 valence electrons. The van der Waals surface area contributed by atoms with Crippen LogP contribution in [-0.4, -0.2) is 46.8 Å². The van der Waals surface area contributed by atoms with Crippen LogP contribution < -0.4 is 5.32 Å². The van der Waals surface area contributed by atoms with Crippen molar-refractivity contribution in [2.75, 3.05) is 13.1 Å². The summed E-state index contributed by atoms with van der Waals surface area (Å²) in [6.45, 7) is 7.84. The number of aryl methyl sites for hydroxylation is 3. The summed E-state index contributed by atoms with van der Waals surface area (Å²) in [4.78, 5) is 42.7. The van der Waals surface area contributed by atoms with Crippen molar-refractivity contribution in [1.29, 1.82) is 0 Å². The third kappa shape index (κ3) is 6.60. The van der Waals surface area contributed by atoms with E-state index in [1.165, 1.54) is 32.7 Å². The number of amides is 4. The van der Waals surface area contributed by atoms with E-state index in [2.05, 4.69) is 50.4 Å². The minimum atomic E-state index is -0.167. The number of hydrogen-bond acceptors (Lipinski definition) is 3. The molecule has 1 N–H and O–H groups in total. The van der Waals surface area contributed by atoms with Gasteiger partial charge in [0.15, 0.2) is 0 Å². The van der Waals surface area contributed by atoms with Crippen LogP contribution in [0.2, 0.25) is 0 Å². The van der Waals surface area contributed by atoms with Gasteiger partial charge in [-0.1, -0.05) is 60.9 Å². The zero-order valence-electron chi connectivity index (χ0n) is 22.6. The number of carbonyl (C=O) groups is 3. The summed E-state index contributed by atoms with van der Waals surface area (Å²) in [6, 6.07) is 14.3. The van der Waals surface area contributed by atoms with E-state index in [1.807, 2.05) is 23.1 Å². The first-order valence-corrected chi connectivity index (χ1v) is 13.8. The van der Waals surface area contributed by atoms with E-state index in [0.29, 0.717) is 38.9 Å². The summed E-state index contributed by atoms with van der Waals surface area (Å²) in [5, 5.41) is 2.98. The summed E-state index contributed by atoms with van der Waals surface area (Å²) in [5.41, 5.74) is 6.00. The molecular weight excluding hydrogens is 462 g/mol. The summed E-state index contributed by atoms with van der Waals surface area (Å²) in [6.07, 6.45) is 6.33. The number of benzene rings is 2. The number of nitrogens with one attached hydrogen (secondary N) is 1. The number of hydrogen-bond donors (Lipinski definition) is 1. The SMILES string of the molecule is Cc1cc(C)c(CN2C(=O)N(CCCCC(=O)NCCc3ccccc3)C(=O)C3CCCCC32)c(C)c1. The molecule has 6 nitrogen and oxygen atoms in total. The van der Waals surface area contributed by atoms with Gasteiger partial charge < -0.3 is 10.2 Å². The molecule has 0 aromatic heterocycles. The molecule has 1 heterocycles. The van der Waals surface area contributed by atoms with Crippen molar-refractivity contribution < 1.29 is 14.4 Å². The molecule has 4 rings (SSSR count). The minimum absolute atomic E-state index is 0.0134. The standard InChI is InChI=1S/C31H41N3O3/c1-22-19-23(2)27(24(3)20-22)21-34-28-14-8-7-13-26(28)30(36)33(31(34)37)18-10-9-15-29(35)32-17-16-25-11-5-4-6-12-25/h4-6,11-12,19-20,26,28H,7-10,13-18,21H2,1-3H3,(H,32,35). The van der Waals surface area contributed by atoms with Gasteiger partial charge in [0.05, 0.1) is 5.92 Å². The highest BCUT2D eigenvalue weighted by Crippen LogP contribution is 2.36. The van der Waals surface area contributed by atoms with Gasteiger partial charge in [-0.25, -0.2) is 4.79 Å². The third-order valence-corrected chi connectivity index (χ3v) is 7.97. The summed E-state index contributed by atoms with van der Waals surface area (Å²) in [7, 11) is 0. The van der Waals surface area contributed by atoms with E-state index >= 15 is 0 Å². The number of rotatable bonds is 10. The highest BCUT2D eigenvalue weighted by molar-refractivity contribution is 5.98. The van der Waals surface area contributed by atoms with Crippen LogP contribution in [0.4, 0.5) is 4.79 Å². The van der Waals surface area contributed by atoms with Crippen LogP contribution in [0.25, 0.3) is 0 Å². The molecule has 1 aliphatic carbocycles. The summed E-state index contributed by atoms with van der Waals surface area (Å²) < 4.78 is 0. The van der Waals surface area contributed by atoms with Gasteiger partial charge in [0.1, 0.15) is 0 Å². The maximum atomic E-state index is 13.6. The molecule has 0 bridgehead atoms. The van der Waals surface area contributed by atoms with Crippen LogP contribution in [0.3, 0.4) is 0 Å². The van der Waals surface area contributed by atoms with Crippen LogP contribution >= 0.6 is 0 Å². The molecular formula is C31H41N3O3. The average molecular weight is 504 g/mol. The van der Waals surface area contributed by atoms with Gasteiger partial charge in [0, 0.05) is 32.1 Å². The van der Waals surface area contributed by atoms with Gasteiger partial charge >= 0.3 is 6.03 Å². The lowest BCUT2D eigenvalue weighted by atomic mass is 9.80. The van der Waals surface area contributed by atoms with Gasteiger partial charge in [-0.15, -0.1) is 0 Å². The molecule has 4 amide bonds. The fourth-order valence-electron chi connectivity index (χ4n) is 6.02. The quantitative estimate of drug-likeness (QED) is 0.438. The van der Waals surface area contributed by atoms with Crippen molar-refractivity contribution in [3.8, 4) is 0 Å². The number of unbranched alkanes of at least 4 members (excludes halogenated alkanes) is 1. The first-order chi connectivity index (χ1) is 17.8. The fraction of sp³-hybridized carbons (Fsp3) is 0.516. The first-order valence-electron chi connectivity index (χ1n) is 13.8. The van der Waals surface area contributed by atoms with Crippen LogP contribution in [0.1, 0.15) is 72.8 Å². The van der Waals surface area contributed by atoms with E-state index in [9.17, 15) is 14.4 Å². The predicted octanol–water partition coefficient (Wildman–Crippen LogP) is 5.46. The first kappa shape index (κ1) is 26.9. The molecule has 6 heteroatoms. The molecule has 2 atom stereocenters. The van der Waals surface area contributed by atoms with Crippen LogP contribution in [-0.2, 0) is 22.6 Å². The second-order valence-corrected chi connectivity index (χ2v) is 10.8. The molecule has 1 saturated heterocycles. The normalized spacial score (nSPS) is 19.6. The number of urea groups is 1. The van der Waals surface area contributed by atoms with Crippen molar-refractivity contribution in [1.82, 2.24) is 15.1 Å². The molecule has 37 heavy (non-hydrogen) atoms. The second-order valence-electron chi connectivity index (χ2n) is 10.8. The van der Waals surface area contributed by atoms with E-state index in [-0.39, 0.29) is 29.8 Å². The molecule has 0 radical (unpaired) electrons. The maximum Gasteiger partial charge on any atom is 0.327 e. The molecule has 2 aliphatic rings. The topological polar surface area (TPSA) is 69.7 Å². The Morgan fingerprint density at radius 1 is 0.973 bits per heavy atom. The van der Waals surface area contributed by atoms with Crippen molar-refractivity contribution in [2.24, 2.45) is 5.92 Å². The number of nitrogens with zero attached hydrogens (tertiary/aromatic N) is 2. The monoisotopic (exact) mass is 503 g/mol. The number of imide groups is 1. The third-order valence-electron chi connectivity index (χ3n) is 7.97. The zero-order valence-corrected chi connectivity index (χ0v) is 22.6. The lowest BCUT2D eigenvalue weighted by Gasteiger charge is -2.47. The van der Waals surface area contributed by atoms with Crippen LogP contribution in [0, 0.1) is 26.7 Å². The Hall–Kier alpha value is -3.15. The average Bonchev–Trinajstić information content (AvgIpc) is 2.88. The lowest BCUT2D eigenvalue weighted by Crippen LogP contribution is -2.62. The van der Waals surface area contributed by atoms with Crippen molar-refractivity contribution >= 4 is 17.8 Å². The number of carbonyl (C=O) groups excluding carboxylic acids is 3. The Labute approximate surface area is 221 Å². The van der Waals surface area contributed by atoms with Crippen LogP contribution in [0.5, 0.6) is 0 Å². The Morgan fingerprint density at radius 2 is 1.68 bits per heavy atom. The minimum Gasteiger partial charge on any atom is -0.356 e. The van der Waals surface area contributed by atoms with E-state index in [0.717, 1.165) is 32.1 Å². The molecule has 2 fully saturated rings. The molecule has 2 unspecified atom stereocenters. The predicted molar refractivity (Wildman–Crippen MR) is 146 cm³/mol. The molecule has 1 saturated carbocycles. The smallest absolute Gasteiger partial charge is 0.327 e. The molecule has 2 aromatic carbocycles. The highest BCUT2D eigenvalue weighted by Gasteiger charge is 2.46. The highest BCUT2D eigenvalue weighted by atomic mass is 16.2. The Balaban J connectivity index is 1.33. The molecule has 1 aliphatic heterocycles. The van der Waals surface area contributed by atoms with E-state index in [4.69, 9.17) is 0 Å². The maximum absolute atomic E-state index is 13.6. The fourth-order valence-corrected chi connectivity index (χ4v) is 6.02. The van der Waals surface area contributed by atoms with Gasteiger partial charge in [-0.05, 0) is 75.1 Å². The second kappa shape index (κ2) is 12.4. The lowest BCUT2D eigenvalue weighted by molar-refractivity contribution is -0.140. The Morgan fingerprint density at radius 3 is 2.41 bits per heavy atom. The van der Waals surface area contributed by atoms with Gasteiger partial charge in [-0.3, -0.25) is 14.5 Å². The Bertz CT molecular complexity index is 1090. The largest absolute Gasteiger partial charge is 0.356 e. The van der Waals surface area contributed by atoms with Gasteiger partial charge in [0.2, 0.25) is 11.8 Å². The van der Waals surface area contributed by atoms with Gasteiger partial charge in [-0.2, -0.15) is 0 Å². The van der Waals surface area contributed by atoms with Crippen LogP contribution in [0.15, 0.2) is 42.5 Å². The van der Waals surface area contributed by atoms with Crippen molar-refractivity contribution in [2.45, 2.75) is 84.7 Å².